The molecule has 0 aromatic carbocycles. The Morgan fingerprint density at radius 2 is 2.31 bits per heavy atom. The molecule has 2 heterocycles. The minimum Gasteiger partial charge on any atom is -0.384 e. The highest BCUT2D eigenvalue weighted by Crippen LogP contribution is 2.09. The van der Waals surface area contributed by atoms with Crippen molar-refractivity contribution in [1.29, 1.82) is 0 Å². The predicted octanol–water partition coefficient (Wildman–Crippen LogP) is -0.279. The molecule has 0 radical (unpaired) electrons. The maximum atomic E-state index is 9.47. The van der Waals surface area contributed by atoms with Crippen LogP contribution < -0.4 is 5.73 Å². The first-order valence-electron chi connectivity index (χ1n) is 4.00. The first kappa shape index (κ1) is 8.15. The second kappa shape index (κ2) is 3.12. The standard InChI is InChI=1S/C8H10N4O/c9-5-6(13)8-11-10-7-3-1-2-4-12(7)8/h1-4,6,13H,5,9H2. The van der Waals surface area contributed by atoms with E-state index in [0.717, 1.165) is 0 Å². The van der Waals surface area contributed by atoms with Crippen LogP contribution in [0.2, 0.25) is 0 Å². The van der Waals surface area contributed by atoms with Crippen molar-refractivity contribution in [3.8, 4) is 0 Å². The Bertz CT molecular complexity index is 411. The van der Waals surface area contributed by atoms with Crippen LogP contribution in [0, 0.1) is 0 Å². The molecule has 3 N–H and O–H groups in total. The molecule has 5 nitrogen and oxygen atoms in total. The van der Waals surface area contributed by atoms with Crippen LogP contribution >= 0.6 is 0 Å². The molecule has 13 heavy (non-hydrogen) atoms. The maximum Gasteiger partial charge on any atom is 0.167 e. The van der Waals surface area contributed by atoms with Crippen molar-refractivity contribution in [3.63, 3.8) is 0 Å². The van der Waals surface area contributed by atoms with Crippen LogP contribution in [0.5, 0.6) is 0 Å². The molecule has 0 aliphatic rings. The van der Waals surface area contributed by atoms with Crippen molar-refractivity contribution in [2.45, 2.75) is 6.10 Å². The number of hydrogen-bond acceptors (Lipinski definition) is 4. The van der Waals surface area contributed by atoms with Crippen LogP contribution in [0.3, 0.4) is 0 Å². The fourth-order valence-electron chi connectivity index (χ4n) is 1.19. The summed E-state index contributed by atoms with van der Waals surface area (Å²) in [4.78, 5) is 0. The minimum atomic E-state index is -0.752. The molecule has 0 fully saturated rings. The number of pyridine rings is 1. The third-order valence-corrected chi connectivity index (χ3v) is 1.86. The molecule has 0 aliphatic heterocycles. The van der Waals surface area contributed by atoms with E-state index in [1.807, 2.05) is 18.2 Å². The van der Waals surface area contributed by atoms with E-state index in [0.29, 0.717) is 11.5 Å². The van der Waals surface area contributed by atoms with Crippen molar-refractivity contribution in [2.24, 2.45) is 5.73 Å². The summed E-state index contributed by atoms with van der Waals surface area (Å²) in [6.07, 6.45) is 1.04. The molecule has 0 saturated heterocycles. The maximum absolute atomic E-state index is 9.47. The topological polar surface area (TPSA) is 76.4 Å². The molecule has 2 aromatic heterocycles. The van der Waals surface area contributed by atoms with E-state index in [9.17, 15) is 5.11 Å². The number of aliphatic hydroxyl groups is 1. The van der Waals surface area contributed by atoms with Crippen molar-refractivity contribution < 1.29 is 5.11 Å². The van der Waals surface area contributed by atoms with Gasteiger partial charge in [-0.1, -0.05) is 6.07 Å². The van der Waals surface area contributed by atoms with Crippen molar-refractivity contribution in [2.75, 3.05) is 6.54 Å². The van der Waals surface area contributed by atoms with Gasteiger partial charge in [-0.2, -0.15) is 0 Å². The predicted molar refractivity (Wildman–Crippen MR) is 47.0 cm³/mol. The number of hydrogen-bond donors (Lipinski definition) is 2. The van der Waals surface area contributed by atoms with Gasteiger partial charge in [0.15, 0.2) is 11.5 Å². The van der Waals surface area contributed by atoms with Gasteiger partial charge in [0.2, 0.25) is 0 Å². The molecule has 2 aromatic rings. The second-order valence-electron chi connectivity index (χ2n) is 2.74. The molecule has 0 saturated carbocycles. The number of aliphatic hydroxyl groups excluding tert-OH is 1. The van der Waals surface area contributed by atoms with E-state index in [-0.39, 0.29) is 6.54 Å². The average molecular weight is 178 g/mol. The lowest BCUT2D eigenvalue weighted by molar-refractivity contribution is 0.175. The van der Waals surface area contributed by atoms with E-state index >= 15 is 0 Å². The van der Waals surface area contributed by atoms with Gasteiger partial charge in [-0.05, 0) is 12.1 Å². The highest BCUT2D eigenvalue weighted by atomic mass is 16.3. The molecule has 0 amide bonds. The van der Waals surface area contributed by atoms with E-state index in [1.165, 1.54) is 0 Å². The van der Waals surface area contributed by atoms with Crippen LogP contribution in [0.1, 0.15) is 11.9 Å². The Morgan fingerprint density at radius 1 is 1.46 bits per heavy atom. The summed E-state index contributed by atoms with van der Waals surface area (Å²) in [6, 6.07) is 5.53. The Kier molecular flexibility index (Phi) is 1.96. The van der Waals surface area contributed by atoms with Gasteiger partial charge >= 0.3 is 0 Å². The highest BCUT2D eigenvalue weighted by Gasteiger charge is 2.12. The van der Waals surface area contributed by atoms with Gasteiger partial charge in [0, 0.05) is 12.7 Å². The number of nitrogens with zero attached hydrogens (tertiary/aromatic N) is 3. The summed E-state index contributed by atoms with van der Waals surface area (Å²) >= 11 is 0. The zero-order chi connectivity index (χ0) is 9.26. The number of nitrogens with two attached hydrogens (primary N) is 1. The summed E-state index contributed by atoms with van der Waals surface area (Å²) in [5.41, 5.74) is 6.04. The Balaban J connectivity index is 2.57. The molecule has 0 aliphatic carbocycles. The molecular formula is C8H10N4O. The third kappa shape index (κ3) is 1.28. The Labute approximate surface area is 74.8 Å². The van der Waals surface area contributed by atoms with Crippen LogP contribution in [0.25, 0.3) is 5.65 Å². The van der Waals surface area contributed by atoms with Gasteiger partial charge in [-0.3, -0.25) is 4.40 Å². The van der Waals surface area contributed by atoms with Crippen molar-refractivity contribution in [1.82, 2.24) is 14.6 Å². The largest absolute Gasteiger partial charge is 0.384 e. The fraction of sp³-hybridized carbons (Fsp3) is 0.250. The van der Waals surface area contributed by atoms with Crippen LogP contribution in [0.15, 0.2) is 24.4 Å². The zero-order valence-corrected chi connectivity index (χ0v) is 6.96. The zero-order valence-electron chi connectivity index (χ0n) is 6.96. The Morgan fingerprint density at radius 3 is 3.08 bits per heavy atom. The van der Waals surface area contributed by atoms with Crippen LogP contribution in [-0.2, 0) is 0 Å². The van der Waals surface area contributed by atoms with Crippen LogP contribution in [0.4, 0.5) is 0 Å². The first-order valence-corrected chi connectivity index (χ1v) is 4.00. The van der Waals surface area contributed by atoms with Crippen molar-refractivity contribution >= 4 is 5.65 Å². The quantitative estimate of drug-likeness (QED) is 0.663. The Hall–Kier alpha value is -1.46. The summed E-state index contributed by atoms with van der Waals surface area (Å²) < 4.78 is 1.72. The fourth-order valence-corrected chi connectivity index (χ4v) is 1.19. The molecule has 68 valence electrons. The first-order chi connectivity index (χ1) is 6.33. The monoisotopic (exact) mass is 178 g/mol. The summed E-state index contributed by atoms with van der Waals surface area (Å²) in [7, 11) is 0. The highest BCUT2D eigenvalue weighted by molar-refractivity contribution is 5.37. The molecule has 1 unspecified atom stereocenters. The minimum absolute atomic E-state index is 0.148. The third-order valence-electron chi connectivity index (χ3n) is 1.86. The molecule has 0 bridgehead atoms. The summed E-state index contributed by atoms with van der Waals surface area (Å²) in [6.45, 7) is 0.148. The lowest BCUT2D eigenvalue weighted by atomic mass is 10.3. The lowest BCUT2D eigenvalue weighted by Crippen LogP contribution is -2.14. The normalized spacial score (nSPS) is 13.4. The van der Waals surface area contributed by atoms with E-state index in [1.54, 1.807) is 10.6 Å². The van der Waals surface area contributed by atoms with Gasteiger partial charge in [-0.25, -0.2) is 0 Å². The van der Waals surface area contributed by atoms with Gasteiger partial charge in [-0.15, -0.1) is 10.2 Å². The average Bonchev–Trinajstić information content (AvgIpc) is 2.60. The van der Waals surface area contributed by atoms with Gasteiger partial charge in [0.1, 0.15) is 6.10 Å². The van der Waals surface area contributed by atoms with E-state index in [4.69, 9.17) is 5.73 Å². The van der Waals surface area contributed by atoms with E-state index < -0.39 is 6.10 Å². The van der Waals surface area contributed by atoms with Gasteiger partial charge in [0.25, 0.3) is 0 Å². The summed E-state index contributed by atoms with van der Waals surface area (Å²) in [5, 5.41) is 17.2. The molecule has 1 atom stereocenters. The molecular weight excluding hydrogens is 168 g/mol. The molecule has 0 spiro atoms. The number of aromatic nitrogens is 3. The number of rotatable bonds is 2. The van der Waals surface area contributed by atoms with Gasteiger partial charge < -0.3 is 10.8 Å². The van der Waals surface area contributed by atoms with E-state index in [2.05, 4.69) is 10.2 Å². The van der Waals surface area contributed by atoms with Crippen LogP contribution in [-0.4, -0.2) is 26.2 Å². The molecule has 5 heteroatoms. The summed E-state index contributed by atoms with van der Waals surface area (Å²) in [5.74, 6) is 0.484. The second-order valence-corrected chi connectivity index (χ2v) is 2.74. The smallest absolute Gasteiger partial charge is 0.167 e. The SMILES string of the molecule is NCC(O)c1nnc2ccccn12. The van der Waals surface area contributed by atoms with Gasteiger partial charge in [0.05, 0.1) is 0 Å². The number of fused-ring (bicyclic) bond motifs is 1. The van der Waals surface area contributed by atoms with Crippen molar-refractivity contribution in [3.05, 3.63) is 30.2 Å². The molecule has 2 rings (SSSR count). The lowest BCUT2D eigenvalue weighted by Gasteiger charge is -2.04.